The van der Waals surface area contributed by atoms with Crippen molar-refractivity contribution in [3.63, 3.8) is 0 Å². The van der Waals surface area contributed by atoms with Gasteiger partial charge in [0.2, 0.25) is 7.44 Å². The number of rotatable bonds is 8. The van der Waals surface area contributed by atoms with Crippen LogP contribution in [0.2, 0.25) is 0 Å². The Kier molecular flexibility index (Phi) is 9.81. The van der Waals surface area contributed by atoms with E-state index < -0.39 is 7.44 Å². The number of hydrogen-bond acceptors (Lipinski definition) is 7. The predicted molar refractivity (Wildman–Crippen MR) is 175 cm³/mol. The molecule has 0 bridgehead atoms. The van der Waals surface area contributed by atoms with Crippen molar-refractivity contribution in [3.05, 3.63) is 47.3 Å². The first-order valence-electron chi connectivity index (χ1n) is 16.1. The molecule has 11 nitrogen and oxygen atoms in total. The highest BCUT2D eigenvalue weighted by atomic mass is 31.2. The average Bonchev–Trinajstić information content (AvgIpc) is 3.39. The number of Topliss-reactive ketones (excluding diaryl/α,β-unsaturated/α-hetero) is 1. The van der Waals surface area contributed by atoms with E-state index in [1.54, 1.807) is 10.9 Å². The van der Waals surface area contributed by atoms with E-state index in [9.17, 15) is 14.2 Å². The number of hydrogen-bond donors (Lipinski definition) is 0. The molecular weight excluding hydrogens is 591 g/mol. The number of benzene rings is 1. The van der Waals surface area contributed by atoms with Gasteiger partial charge in [-0.2, -0.15) is 5.10 Å². The van der Waals surface area contributed by atoms with Gasteiger partial charge in [-0.15, -0.1) is 0 Å². The molecule has 3 aliphatic rings. The van der Waals surface area contributed by atoms with Crippen LogP contribution in [0.3, 0.4) is 0 Å². The van der Waals surface area contributed by atoms with Crippen LogP contribution in [-0.2, 0) is 20.5 Å². The van der Waals surface area contributed by atoms with Crippen molar-refractivity contribution in [2.45, 2.75) is 72.1 Å². The van der Waals surface area contributed by atoms with Crippen LogP contribution in [-0.4, -0.2) is 125 Å². The Hall–Kier alpha value is -2.40. The zero-order valence-corrected chi connectivity index (χ0v) is 29.2. The van der Waals surface area contributed by atoms with E-state index in [1.807, 2.05) is 52.6 Å². The zero-order chi connectivity index (χ0) is 32.7. The fraction of sp³-hybridized carbons (Fsp3) is 0.667. The molecule has 2 saturated heterocycles. The van der Waals surface area contributed by atoms with Gasteiger partial charge < -0.3 is 14.4 Å². The summed E-state index contributed by atoms with van der Waals surface area (Å²) in [6, 6.07) is 7.42. The molecule has 1 aromatic carbocycles. The number of aromatic nitrogens is 2. The number of ether oxygens (including phenoxy) is 2. The largest absolute Gasteiger partial charge is 0.370 e. The maximum atomic E-state index is 14.2. The third kappa shape index (κ3) is 7.45. The summed E-state index contributed by atoms with van der Waals surface area (Å²) in [6.07, 6.45) is 3.10. The van der Waals surface area contributed by atoms with E-state index in [0.29, 0.717) is 50.3 Å². The van der Waals surface area contributed by atoms with Crippen molar-refractivity contribution in [1.82, 2.24) is 28.9 Å². The Morgan fingerprint density at radius 3 is 2.38 bits per heavy atom. The topological polar surface area (TPSA) is 100 Å². The highest BCUT2D eigenvalue weighted by molar-refractivity contribution is 7.58. The Bertz CT molecular complexity index is 1420. The van der Waals surface area contributed by atoms with Crippen molar-refractivity contribution >= 4 is 19.1 Å². The number of fused-ring (bicyclic) bond motifs is 1. The van der Waals surface area contributed by atoms with Crippen LogP contribution in [0.4, 0.5) is 0 Å². The number of morpholine rings is 1. The van der Waals surface area contributed by atoms with Gasteiger partial charge in [0.25, 0.3) is 5.91 Å². The van der Waals surface area contributed by atoms with Gasteiger partial charge in [0.15, 0.2) is 5.78 Å². The summed E-state index contributed by atoms with van der Waals surface area (Å²) in [4.78, 5) is 30.3. The van der Waals surface area contributed by atoms with Crippen LogP contribution in [0.5, 0.6) is 0 Å². The van der Waals surface area contributed by atoms with Crippen molar-refractivity contribution in [3.8, 4) is 5.69 Å². The summed E-state index contributed by atoms with van der Waals surface area (Å²) in [5, 5.41) is 4.50. The normalized spacial score (nSPS) is 24.5. The first-order chi connectivity index (χ1) is 21.1. The first kappa shape index (κ1) is 33.9. The maximum absolute atomic E-state index is 14.2. The van der Waals surface area contributed by atoms with E-state index in [2.05, 4.69) is 51.5 Å². The summed E-state index contributed by atoms with van der Waals surface area (Å²) in [5.41, 5.74) is 2.97. The third-order valence-electron chi connectivity index (χ3n) is 9.26. The Morgan fingerprint density at radius 2 is 1.76 bits per heavy atom. The van der Waals surface area contributed by atoms with Crippen LogP contribution < -0.4 is 0 Å². The molecule has 0 N–H and O–H groups in total. The number of carbonyl (C=O) groups is 2. The zero-order valence-electron chi connectivity index (χ0n) is 28.3. The fourth-order valence-corrected chi connectivity index (χ4v) is 8.67. The van der Waals surface area contributed by atoms with Gasteiger partial charge in [0, 0.05) is 56.8 Å². The van der Waals surface area contributed by atoms with E-state index in [0.717, 1.165) is 30.9 Å². The third-order valence-corrected chi connectivity index (χ3v) is 12.3. The lowest BCUT2D eigenvalue weighted by Gasteiger charge is -2.44. The molecule has 3 unspecified atom stereocenters. The minimum absolute atomic E-state index is 0.0483. The molecule has 45 heavy (non-hydrogen) atoms. The van der Waals surface area contributed by atoms with Gasteiger partial charge in [-0.25, -0.2) is 14.0 Å². The second-order valence-corrected chi connectivity index (χ2v) is 17.8. The van der Waals surface area contributed by atoms with Gasteiger partial charge in [-0.1, -0.05) is 13.8 Å². The number of piperazine rings is 1. The summed E-state index contributed by atoms with van der Waals surface area (Å²) < 4.78 is 32.0. The lowest BCUT2D eigenvalue weighted by molar-refractivity contribution is -0.122. The maximum Gasteiger partial charge on any atom is 0.253 e. The molecule has 3 atom stereocenters. The molecule has 3 heterocycles. The summed E-state index contributed by atoms with van der Waals surface area (Å²) >= 11 is 0. The summed E-state index contributed by atoms with van der Waals surface area (Å²) in [5.74, 6) is 0.0760. The van der Waals surface area contributed by atoms with Gasteiger partial charge in [0.05, 0.1) is 42.0 Å². The Balaban J connectivity index is 1.17. The van der Waals surface area contributed by atoms with E-state index in [4.69, 9.17) is 9.47 Å². The molecule has 2 fully saturated rings. The van der Waals surface area contributed by atoms with E-state index >= 15 is 0 Å². The monoisotopic (exact) mass is 642 g/mol. The minimum atomic E-state index is -2.98. The second-order valence-electron chi connectivity index (χ2n) is 14.8. The molecule has 12 heteroatoms. The number of amides is 1. The quantitative estimate of drug-likeness (QED) is 0.388. The molecule has 248 valence electrons. The highest BCUT2D eigenvalue weighted by Crippen LogP contribution is 2.51. The first-order valence-corrected chi connectivity index (χ1v) is 17.9. The minimum Gasteiger partial charge on any atom is -0.370 e. The molecule has 1 amide bonds. The van der Waals surface area contributed by atoms with Gasteiger partial charge in [-0.05, 0) is 77.9 Å². The molecule has 2 aliphatic heterocycles. The average molecular weight is 643 g/mol. The molecule has 0 saturated carbocycles. The van der Waals surface area contributed by atoms with Crippen LogP contribution in [0.25, 0.3) is 5.69 Å². The van der Waals surface area contributed by atoms with E-state index in [1.165, 1.54) is 0 Å². The predicted octanol–water partition coefficient (Wildman–Crippen LogP) is 4.40. The fourth-order valence-electron chi connectivity index (χ4n) is 6.62. The summed E-state index contributed by atoms with van der Waals surface area (Å²) in [7, 11) is 0.681. The molecule has 1 aliphatic carbocycles. The number of nitrogens with zero attached hydrogens (tertiary/aromatic N) is 6. The van der Waals surface area contributed by atoms with Gasteiger partial charge >= 0.3 is 0 Å². The summed E-state index contributed by atoms with van der Waals surface area (Å²) in [6.45, 7) is 16.9. The SMILES string of the molecule is CC1CN(C(C)(C)C)CC(COCP(=O)(N(C)C)N2CCN(C(=O)c3ccc(-n4ncc5c4CC(C)(C)CC5=O)cc3)CC2)O1. The highest BCUT2D eigenvalue weighted by Gasteiger charge is 2.38. The van der Waals surface area contributed by atoms with Gasteiger partial charge in [-0.3, -0.25) is 19.1 Å². The van der Waals surface area contributed by atoms with Crippen LogP contribution in [0, 0.1) is 5.41 Å². The molecule has 0 radical (unpaired) electrons. The van der Waals surface area contributed by atoms with Crippen molar-refractivity contribution in [2.75, 3.05) is 66.3 Å². The van der Waals surface area contributed by atoms with Crippen LogP contribution >= 0.6 is 7.44 Å². The lowest BCUT2D eigenvalue weighted by Crippen LogP contribution is -2.55. The standard InChI is InChI=1S/C33H51N6O5P/c1-24-20-37(32(2,3)4)21-27(44-24)22-43-23-45(42,35(7)8)38-15-13-36(14-16-38)31(41)25-9-11-26(12-10-25)39-29-17-33(5,6)18-30(40)28(29)19-34-39/h9-12,19,24,27H,13-18,20-23H2,1-8H3. The Morgan fingerprint density at radius 1 is 1.09 bits per heavy atom. The van der Waals surface area contributed by atoms with Crippen molar-refractivity contribution in [1.29, 1.82) is 0 Å². The van der Waals surface area contributed by atoms with Crippen LogP contribution in [0.15, 0.2) is 30.5 Å². The molecule has 0 spiro atoms. The molecule has 1 aromatic heterocycles. The molecule has 2 aromatic rings. The van der Waals surface area contributed by atoms with Crippen LogP contribution in [0.1, 0.15) is 74.4 Å². The smallest absolute Gasteiger partial charge is 0.253 e. The molecule has 5 rings (SSSR count). The van der Waals surface area contributed by atoms with E-state index in [-0.39, 0.29) is 41.2 Å². The van der Waals surface area contributed by atoms with Crippen molar-refractivity contribution in [2.24, 2.45) is 5.41 Å². The van der Waals surface area contributed by atoms with Gasteiger partial charge in [0.1, 0.15) is 6.35 Å². The lowest BCUT2D eigenvalue weighted by atomic mass is 9.76. The van der Waals surface area contributed by atoms with Crippen molar-refractivity contribution < 1.29 is 23.6 Å². The number of carbonyl (C=O) groups excluding carboxylic acids is 2. The molecular formula is C33H51N6O5P. The second kappa shape index (κ2) is 13.0. The Labute approximate surface area is 268 Å². The number of ketones is 1.